The SMILES string of the molecule is O=C(Nc1ccc(OC(F)(F)F)cc1)c1ccc(OCc2ccccc2)c(OCc2ccccc2)c1OCc1ccccc1. The average Bonchev–Trinajstić information content (AvgIpc) is 3.03. The fourth-order valence-corrected chi connectivity index (χ4v) is 4.25. The zero-order valence-electron chi connectivity index (χ0n) is 23.4. The van der Waals surface area contributed by atoms with E-state index in [9.17, 15) is 18.0 Å². The molecule has 0 radical (unpaired) electrons. The fraction of sp³-hybridized carbons (Fsp3) is 0.114. The van der Waals surface area contributed by atoms with Gasteiger partial charge in [0.2, 0.25) is 5.75 Å². The van der Waals surface area contributed by atoms with Crippen LogP contribution in [0.15, 0.2) is 127 Å². The Balaban J connectivity index is 1.47. The minimum absolute atomic E-state index is 0.133. The molecule has 0 aliphatic heterocycles. The van der Waals surface area contributed by atoms with Gasteiger partial charge in [0.15, 0.2) is 11.5 Å². The Morgan fingerprint density at radius 3 is 1.55 bits per heavy atom. The van der Waals surface area contributed by atoms with Crippen molar-refractivity contribution in [2.75, 3.05) is 5.32 Å². The maximum Gasteiger partial charge on any atom is 0.573 e. The molecule has 0 saturated carbocycles. The van der Waals surface area contributed by atoms with Gasteiger partial charge < -0.3 is 24.3 Å². The lowest BCUT2D eigenvalue weighted by atomic mass is 10.1. The van der Waals surface area contributed by atoms with E-state index in [1.807, 2.05) is 91.0 Å². The Bertz CT molecular complexity index is 1650. The van der Waals surface area contributed by atoms with Gasteiger partial charge in [-0.2, -0.15) is 0 Å². The molecule has 1 amide bonds. The summed E-state index contributed by atoms with van der Waals surface area (Å²) >= 11 is 0. The summed E-state index contributed by atoms with van der Waals surface area (Å²) in [6.45, 7) is 0.558. The van der Waals surface area contributed by atoms with Gasteiger partial charge in [-0.3, -0.25) is 4.79 Å². The monoisotopic (exact) mass is 599 g/mol. The maximum absolute atomic E-state index is 13.6. The summed E-state index contributed by atoms with van der Waals surface area (Å²) < 4.78 is 60.4. The quantitative estimate of drug-likeness (QED) is 0.156. The van der Waals surface area contributed by atoms with Crippen molar-refractivity contribution >= 4 is 11.6 Å². The van der Waals surface area contributed by atoms with Crippen LogP contribution in [0.4, 0.5) is 18.9 Å². The Morgan fingerprint density at radius 1 is 0.568 bits per heavy atom. The van der Waals surface area contributed by atoms with Crippen LogP contribution in [0.3, 0.4) is 0 Å². The van der Waals surface area contributed by atoms with Crippen LogP contribution in [0, 0.1) is 0 Å². The lowest BCUT2D eigenvalue weighted by Gasteiger charge is -2.20. The first kappa shape index (κ1) is 30.0. The van der Waals surface area contributed by atoms with Gasteiger partial charge in [-0.1, -0.05) is 91.0 Å². The number of anilines is 1. The van der Waals surface area contributed by atoms with E-state index in [0.717, 1.165) is 28.8 Å². The molecule has 0 bridgehead atoms. The molecule has 0 aromatic heterocycles. The summed E-state index contributed by atoms with van der Waals surface area (Å²) in [4.78, 5) is 13.6. The molecule has 6 nitrogen and oxygen atoms in total. The van der Waals surface area contributed by atoms with Gasteiger partial charge in [0, 0.05) is 5.69 Å². The highest BCUT2D eigenvalue weighted by atomic mass is 19.4. The van der Waals surface area contributed by atoms with Crippen molar-refractivity contribution in [2.45, 2.75) is 26.2 Å². The second-order valence-corrected chi connectivity index (χ2v) is 9.62. The van der Waals surface area contributed by atoms with Crippen LogP contribution in [-0.4, -0.2) is 12.3 Å². The molecule has 5 aromatic rings. The van der Waals surface area contributed by atoms with Crippen LogP contribution < -0.4 is 24.3 Å². The number of hydrogen-bond acceptors (Lipinski definition) is 5. The third-order valence-electron chi connectivity index (χ3n) is 6.36. The van der Waals surface area contributed by atoms with Gasteiger partial charge in [0.25, 0.3) is 5.91 Å². The van der Waals surface area contributed by atoms with Crippen molar-refractivity contribution in [3.8, 4) is 23.0 Å². The zero-order chi connectivity index (χ0) is 30.8. The van der Waals surface area contributed by atoms with Crippen molar-refractivity contribution in [1.82, 2.24) is 0 Å². The Morgan fingerprint density at radius 2 is 1.05 bits per heavy atom. The molecule has 44 heavy (non-hydrogen) atoms. The molecule has 0 atom stereocenters. The second kappa shape index (κ2) is 14.2. The number of ether oxygens (including phenoxy) is 4. The van der Waals surface area contributed by atoms with Gasteiger partial charge in [-0.05, 0) is 53.1 Å². The maximum atomic E-state index is 13.6. The summed E-state index contributed by atoms with van der Waals surface area (Å²) in [5, 5.41) is 2.71. The number of halogens is 3. The minimum atomic E-state index is -4.82. The molecule has 0 aliphatic rings. The van der Waals surface area contributed by atoms with E-state index in [2.05, 4.69) is 10.1 Å². The van der Waals surface area contributed by atoms with Crippen molar-refractivity contribution < 1.29 is 36.9 Å². The molecule has 5 rings (SSSR count). The normalized spacial score (nSPS) is 11.0. The summed E-state index contributed by atoms with van der Waals surface area (Å²) in [7, 11) is 0. The first-order valence-electron chi connectivity index (χ1n) is 13.7. The zero-order valence-corrected chi connectivity index (χ0v) is 23.4. The number of carbonyl (C=O) groups excluding carboxylic acids is 1. The van der Waals surface area contributed by atoms with Crippen LogP contribution in [0.25, 0.3) is 0 Å². The highest BCUT2D eigenvalue weighted by molar-refractivity contribution is 6.07. The third-order valence-corrected chi connectivity index (χ3v) is 6.36. The van der Waals surface area contributed by atoms with E-state index in [1.165, 1.54) is 12.1 Å². The Hall–Kier alpha value is -5.44. The molecule has 0 spiro atoms. The van der Waals surface area contributed by atoms with Gasteiger partial charge in [-0.15, -0.1) is 13.2 Å². The van der Waals surface area contributed by atoms with E-state index >= 15 is 0 Å². The number of amides is 1. The highest BCUT2D eigenvalue weighted by Gasteiger charge is 2.31. The third kappa shape index (κ3) is 8.54. The summed E-state index contributed by atoms with van der Waals surface area (Å²) in [6.07, 6.45) is -4.82. The van der Waals surface area contributed by atoms with Crippen LogP contribution in [0.5, 0.6) is 23.0 Å². The average molecular weight is 600 g/mol. The van der Waals surface area contributed by atoms with Crippen molar-refractivity contribution in [1.29, 1.82) is 0 Å². The van der Waals surface area contributed by atoms with Crippen LogP contribution in [0.2, 0.25) is 0 Å². The second-order valence-electron chi connectivity index (χ2n) is 9.62. The minimum Gasteiger partial charge on any atom is -0.485 e. The summed E-state index contributed by atoms with van der Waals surface area (Å²) in [6, 6.07) is 36.6. The number of rotatable bonds is 12. The van der Waals surface area contributed by atoms with Gasteiger partial charge >= 0.3 is 6.36 Å². The molecule has 0 fully saturated rings. The highest BCUT2D eigenvalue weighted by Crippen LogP contribution is 2.42. The van der Waals surface area contributed by atoms with Crippen molar-refractivity contribution in [2.24, 2.45) is 0 Å². The molecule has 1 N–H and O–H groups in total. The number of nitrogens with one attached hydrogen (secondary N) is 1. The van der Waals surface area contributed by atoms with E-state index in [-0.39, 0.29) is 42.6 Å². The molecule has 224 valence electrons. The Kier molecular flexibility index (Phi) is 9.66. The molecular weight excluding hydrogens is 571 g/mol. The summed E-state index contributed by atoms with van der Waals surface area (Å²) in [5.41, 5.74) is 3.10. The number of benzene rings is 5. The molecule has 5 aromatic carbocycles. The first-order chi connectivity index (χ1) is 21.3. The molecule has 0 saturated heterocycles. The number of hydrogen-bond donors (Lipinski definition) is 1. The van der Waals surface area contributed by atoms with Gasteiger partial charge in [0.05, 0.1) is 5.56 Å². The lowest BCUT2D eigenvalue weighted by Crippen LogP contribution is -2.17. The van der Waals surface area contributed by atoms with E-state index in [4.69, 9.17) is 14.2 Å². The predicted molar refractivity (Wildman–Crippen MR) is 160 cm³/mol. The van der Waals surface area contributed by atoms with Crippen LogP contribution >= 0.6 is 0 Å². The topological polar surface area (TPSA) is 66.0 Å². The van der Waals surface area contributed by atoms with Crippen LogP contribution in [-0.2, 0) is 19.8 Å². The smallest absolute Gasteiger partial charge is 0.485 e. The van der Waals surface area contributed by atoms with E-state index in [0.29, 0.717) is 5.75 Å². The van der Waals surface area contributed by atoms with E-state index in [1.54, 1.807) is 12.1 Å². The lowest BCUT2D eigenvalue weighted by molar-refractivity contribution is -0.274. The molecule has 9 heteroatoms. The molecule has 0 aliphatic carbocycles. The van der Waals surface area contributed by atoms with E-state index < -0.39 is 18.0 Å². The van der Waals surface area contributed by atoms with Gasteiger partial charge in [-0.25, -0.2) is 0 Å². The van der Waals surface area contributed by atoms with Gasteiger partial charge in [0.1, 0.15) is 25.6 Å². The standard InChI is InChI=1S/C35H28F3NO5/c36-35(37,38)44-29-18-16-28(17-19-29)39-34(40)30-20-21-31(41-22-25-10-4-1-5-11-25)33(43-24-27-14-8-3-9-15-27)32(30)42-23-26-12-6-2-7-13-26/h1-21H,22-24H2,(H,39,40). The first-order valence-corrected chi connectivity index (χ1v) is 13.7. The molecule has 0 heterocycles. The summed E-state index contributed by atoms with van der Waals surface area (Å²) in [5.74, 6) is -0.194. The fourth-order valence-electron chi connectivity index (χ4n) is 4.25. The predicted octanol–water partition coefficient (Wildman–Crippen LogP) is 8.57. The van der Waals surface area contributed by atoms with Crippen LogP contribution in [0.1, 0.15) is 27.0 Å². The molecular formula is C35H28F3NO5. The number of alkyl halides is 3. The number of carbonyl (C=O) groups is 1. The van der Waals surface area contributed by atoms with Crippen molar-refractivity contribution in [3.05, 3.63) is 150 Å². The largest absolute Gasteiger partial charge is 0.573 e. The Labute approximate surface area is 252 Å². The van der Waals surface area contributed by atoms with Crippen molar-refractivity contribution in [3.63, 3.8) is 0 Å². The molecule has 0 unspecified atom stereocenters.